The lowest BCUT2D eigenvalue weighted by molar-refractivity contribution is 0.598. The molecule has 1 aliphatic rings. The SMILES string of the molecule is NS(=O)(=O)c1ccc(-n2ncc3c2-c2ccncc2CC3)cc1. The monoisotopic (exact) mass is 326 g/mol. The van der Waals surface area contributed by atoms with Gasteiger partial charge in [-0.05, 0) is 54.3 Å². The zero-order valence-electron chi connectivity index (χ0n) is 12.2. The number of primary sulfonamides is 1. The molecule has 116 valence electrons. The van der Waals surface area contributed by atoms with Crippen LogP contribution in [0.15, 0.2) is 53.8 Å². The third-order valence-electron chi connectivity index (χ3n) is 4.08. The highest BCUT2D eigenvalue weighted by atomic mass is 32.2. The summed E-state index contributed by atoms with van der Waals surface area (Å²) in [5, 5.41) is 9.62. The molecule has 2 heterocycles. The Labute approximate surface area is 133 Å². The summed E-state index contributed by atoms with van der Waals surface area (Å²) in [6, 6.07) is 8.40. The van der Waals surface area contributed by atoms with Gasteiger partial charge in [0.1, 0.15) is 0 Å². The first kappa shape index (κ1) is 14.1. The molecule has 2 N–H and O–H groups in total. The van der Waals surface area contributed by atoms with Crippen molar-refractivity contribution in [2.24, 2.45) is 5.14 Å². The van der Waals surface area contributed by atoms with Crippen molar-refractivity contribution in [2.75, 3.05) is 0 Å². The predicted molar refractivity (Wildman–Crippen MR) is 85.6 cm³/mol. The number of fused-ring (bicyclic) bond motifs is 3. The largest absolute Gasteiger partial charge is 0.264 e. The first-order chi connectivity index (χ1) is 11.0. The van der Waals surface area contributed by atoms with E-state index in [2.05, 4.69) is 10.1 Å². The second kappa shape index (κ2) is 5.00. The highest BCUT2D eigenvalue weighted by Gasteiger charge is 2.21. The van der Waals surface area contributed by atoms with Crippen molar-refractivity contribution in [1.82, 2.24) is 14.8 Å². The molecule has 0 saturated carbocycles. The highest BCUT2D eigenvalue weighted by molar-refractivity contribution is 7.89. The van der Waals surface area contributed by atoms with E-state index in [0.717, 1.165) is 29.8 Å². The van der Waals surface area contributed by atoms with E-state index < -0.39 is 10.0 Å². The molecule has 0 spiro atoms. The molecular formula is C16H14N4O2S. The van der Waals surface area contributed by atoms with Crippen molar-refractivity contribution in [1.29, 1.82) is 0 Å². The molecule has 1 aromatic carbocycles. The third kappa shape index (κ3) is 2.34. The van der Waals surface area contributed by atoms with Gasteiger partial charge in [-0.3, -0.25) is 4.98 Å². The summed E-state index contributed by atoms with van der Waals surface area (Å²) in [6.45, 7) is 0. The molecule has 0 saturated heterocycles. The van der Waals surface area contributed by atoms with Crippen LogP contribution in [0.5, 0.6) is 0 Å². The number of aromatic nitrogens is 3. The van der Waals surface area contributed by atoms with Gasteiger partial charge in [-0.25, -0.2) is 18.2 Å². The lowest BCUT2D eigenvalue weighted by Crippen LogP contribution is -2.12. The van der Waals surface area contributed by atoms with Crippen LogP contribution in [0.25, 0.3) is 16.9 Å². The van der Waals surface area contributed by atoms with Gasteiger partial charge in [0, 0.05) is 18.0 Å². The first-order valence-electron chi connectivity index (χ1n) is 7.17. The quantitative estimate of drug-likeness (QED) is 0.775. The van der Waals surface area contributed by atoms with Crippen LogP contribution >= 0.6 is 0 Å². The van der Waals surface area contributed by atoms with Gasteiger partial charge in [0.15, 0.2) is 0 Å². The van der Waals surface area contributed by atoms with Crippen LogP contribution in [0.2, 0.25) is 0 Å². The van der Waals surface area contributed by atoms with Gasteiger partial charge < -0.3 is 0 Å². The van der Waals surface area contributed by atoms with Crippen molar-refractivity contribution < 1.29 is 8.42 Å². The van der Waals surface area contributed by atoms with E-state index in [4.69, 9.17) is 5.14 Å². The van der Waals surface area contributed by atoms with Crippen molar-refractivity contribution in [2.45, 2.75) is 17.7 Å². The molecule has 0 aliphatic heterocycles. The molecule has 23 heavy (non-hydrogen) atoms. The number of hydrogen-bond donors (Lipinski definition) is 1. The van der Waals surface area contributed by atoms with Gasteiger partial charge in [0.05, 0.1) is 22.5 Å². The molecule has 1 aliphatic carbocycles. The maximum absolute atomic E-state index is 11.4. The zero-order valence-corrected chi connectivity index (χ0v) is 13.0. The minimum atomic E-state index is -3.69. The second-order valence-corrected chi connectivity index (χ2v) is 7.06. The summed E-state index contributed by atoms with van der Waals surface area (Å²) in [6.07, 6.45) is 7.40. The van der Waals surface area contributed by atoms with Gasteiger partial charge in [-0.15, -0.1) is 0 Å². The topological polar surface area (TPSA) is 90.9 Å². The highest BCUT2D eigenvalue weighted by Crippen LogP contribution is 2.34. The number of benzene rings is 1. The third-order valence-corrected chi connectivity index (χ3v) is 5.01. The molecule has 0 bridgehead atoms. The normalized spacial score (nSPS) is 13.4. The summed E-state index contributed by atoms with van der Waals surface area (Å²) in [7, 11) is -3.69. The van der Waals surface area contributed by atoms with E-state index in [1.54, 1.807) is 18.3 Å². The Balaban J connectivity index is 1.86. The predicted octanol–water partition coefficient (Wildman–Crippen LogP) is 1.68. The number of pyridine rings is 1. The fraction of sp³-hybridized carbons (Fsp3) is 0.125. The smallest absolute Gasteiger partial charge is 0.238 e. The molecule has 6 nitrogen and oxygen atoms in total. The Morgan fingerprint density at radius 2 is 1.74 bits per heavy atom. The van der Waals surface area contributed by atoms with Crippen LogP contribution < -0.4 is 5.14 Å². The number of sulfonamides is 1. The minimum Gasteiger partial charge on any atom is -0.264 e. The molecule has 0 fully saturated rings. The van der Waals surface area contributed by atoms with E-state index in [1.165, 1.54) is 23.3 Å². The summed E-state index contributed by atoms with van der Waals surface area (Å²) in [5.41, 5.74) is 5.33. The Morgan fingerprint density at radius 3 is 2.48 bits per heavy atom. The average molecular weight is 326 g/mol. The summed E-state index contributed by atoms with van der Waals surface area (Å²) < 4.78 is 24.6. The maximum Gasteiger partial charge on any atom is 0.238 e. The van der Waals surface area contributed by atoms with E-state index in [-0.39, 0.29) is 4.90 Å². The fourth-order valence-electron chi connectivity index (χ4n) is 2.95. The van der Waals surface area contributed by atoms with Gasteiger partial charge in [0.2, 0.25) is 10.0 Å². The molecule has 3 aromatic rings. The lowest BCUT2D eigenvalue weighted by atomic mass is 9.92. The van der Waals surface area contributed by atoms with Crippen LogP contribution in [0.3, 0.4) is 0 Å². The molecule has 0 amide bonds. The van der Waals surface area contributed by atoms with E-state index >= 15 is 0 Å². The van der Waals surface area contributed by atoms with E-state index in [0.29, 0.717) is 0 Å². The summed E-state index contributed by atoms with van der Waals surface area (Å²) in [5.74, 6) is 0. The first-order valence-corrected chi connectivity index (χ1v) is 8.72. The fourth-order valence-corrected chi connectivity index (χ4v) is 3.47. The second-order valence-electron chi connectivity index (χ2n) is 5.50. The van der Waals surface area contributed by atoms with Crippen LogP contribution in [-0.2, 0) is 22.9 Å². The molecule has 4 rings (SSSR count). The van der Waals surface area contributed by atoms with Crippen molar-refractivity contribution >= 4 is 10.0 Å². The average Bonchev–Trinajstić information content (AvgIpc) is 2.99. The number of nitrogens with zero attached hydrogens (tertiary/aromatic N) is 3. The summed E-state index contributed by atoms with van der Waals surface area (Å²) in [4.78, 5) is 4.28. The Bertz CT molecular complexity index is 991. The van der Waals surface area contributed by atoms with Crippen LogP contribution in [0.1, 0.15) is 11.1 Å². The standard InChI is InChI=1S/C16H14N4O2S/c17-23(21,22)14-5-3-13(4-6-14)20-16-12(10-19-20)2-1-11-9-18-8-7-15(11)16/h3-10H,1-2H2,(H2,17,21,22). The molecule has 0 atom stereocenters. The van der Waals surface area contributed by atoms with Gasteiger partial charge >= 0.3 is 0 Å². The lowest BCUT2D eigenvalue weighted by Gasteiger charge is -2.18. The summed E-state index contributed by atoms with van der Waals surface area (Å²) >= 11 is 0. The Morgan fingerprint density at radius 1 is 1.00 bits per heavy atom. The van der Waals surface area contributed by atoms with Crippen LogP contribution in [-0.4, -0.2) is 23.2 Å². The molecule has 7 heteroatoms. The van der Waals surface area contributed by atoms with Crippen molar-refractivity contribution in [3.8, 4) is 16.9 Å². The molecular weight excluding hydrogens is 312 g/mol. The van der Waals surface area contributed by atoms with Gasteiger partial charge in [0.25, 0.3) is 0 Å². The van der Waals surface area contributed by atoms with Crippen LogP contribution in [0, 0.1) is 0 Å². The number of nitrogens with two attached hydrogens (primary N) is 1. The van der Waals surface area contributed by atoms with E-state index in [1.807, 2.05) is 23.1 Å². The number of hydrogen-bond acceptors (Lipinski definition) is 4. The Hall–Kier alpha value is -2.51. The molecule has 0 unspecified atom stereocenters. The minimum absolute atomic E-state index is 0.0897. The van der Waals surface area contributed by atoms with Crippen LogP contribution in [0.4, 0.5) is 0 Å². The zero-order chi connectivity index (χ0) is 16.0. The maximum atomic E-state index is 11.4. The number of rotatable bonds is 2. The molecule has 0 radical (unpaired) electrons. The van der Waals surface area contributed by atoms with Crippen molar-refractivity contribution in [3.05, 3.63) is 60.0 Å². The number of aryl methyl sites for hydroxylation is 2. The van der Waals surface area contributed by atoms with Crippen molar-refractivity contribution in [3.63, 3.8) is 0 Å². The molecule has 2 aromatic heterocycles. The van der Waals surface area contributed by atoms with Gasteiger partial charge in [-0.2, -0.15) is 5.10 Å². The van der Waals surface area contributed by atoms with Gasteiger partial charge in [-0.1, -0.05) is 0 Å². The Kier molecular flexibility index (Phi) is 3.07. The van der Waals surface area contributed by atoms with E-state index in [9.17, 15) is 8.42 Å².